The molecule has 146 valence electrons. The molecule has 0 unspecified atom stereocenters. The Bertz CT molecular complexity index is 718. The van der Waals surface area contributed by atoms with Gasteiger partial charge in [0.05, 0.1) is 26.9 Å². The fourth-order valence-electron chi connectivity index (χ4n) is 2.16. The Kier molecular flexibility index (Phi) is 9.39. The second-order valence-corrected chi connectivity index (χ2v) is 5.31. The zero-order valence-electron chi connectivity index (χ0n) is 16.0. The second kappa shape index (κ2) is 11.5. The predicted octanol–water partition coefficient (Wildman–Crippen LogP) is 3.07. The van der Waals surface area contributed by atoms with Crippen LogP contribution in [0.5, 0.6) is 0 Å². The molecule has 0 saturated carbocycles. The van der Waals surface area contributed by atoms with Gasteiger partial charge >= 0.3 is 5.97 Å². The van der Waals surface area contributed by atoms with Crippen molar-refractivity contribution in [1.29, 1.82) is 0 Å². The lowest BCUT2D eigenvalue weighted by Crippen LogP contribution is -2.15. The van der Waals surface area contributed by atoms with Gasteiger partial charge in [-0.2, -0.15) is 0 Å². The van der Waals surface area contributed by atoms with E-state index >= 15 is 0 Å². The Hall–Kier alpha value is -3.06. The smallest absolute Gasteiger partial charge is 0.337 e. The molecular formula is C20H25NO6. The third-order valence-corrected chi connectivity index (χ3v) is 3.54. The van der Waals surface area contributed by atoms with Crippen molar-refractivity contribution in [3.8, 4) is 0 Å². The van der Waals surface area contributed by atoms with Crippen LogP contribution < -0.4 is 5.32 Å². The molecule has 0 atom stereocenters. The maximum atomic E-state index is 12.6. The topological polar surface area (TPSA) is 83.1 Å². The van der Waals surface area contributed by atoms with Crippen LogP contribution in [0.2, 0.25) is 0 Å². The van der Waals surface area contributed by atoms with Gasteiger partial charge in [0.2, 0.25) is 0 Å². The van der Waals surface area contributed by atoms with E-state index < -0.39 is 5.97 Å². The molecule has 1 aromatic carbocycles. The number of methoxy groups -OCH3 is 4. The SMILES string of the molecule is C=CCC(=CC(OC)=C(COC)OC)C(=O)Nc1ccc(C(=O)OC)cc1. The number of benzene rings is 1. The number of hydrogen-bond donors (Lipinski definition) is 1. The van der Waals surface area contributed by atoms with Crippen LogP contribution in [-0.2, 0) is 23.7 Å². The zero-order valence-corrected chi connectivity index (χ0v) is 16.0. The van der Waals surface area contributed by atoms with E-state index in [1.54, 1.807) is 36.4 Å². The number of hydrogen-bond acceptors (Lipinski definition) is 6. The number of rotatable bonds is 10. The Labute approximate surface area is 159 Å². The maximum Gasteiger partial charge on any atom is 0.337 e. The van der Waals surface area contributed by atoms with E-state index in [1.807, 2.05) is 0 Å². The summed E-state index contributed by atoms with van der Waals surface area (Å²) in [4.78, 5) is 24.1. The first-order valence-corrected chi connectivity index (χ1v) is 8.11. The van der Waals surface area contributed by atoms with Crippen molar-refractivity contribution in [2.75, 3.05) is 40.4 Å². The van der Waals surface area contributed by atoms with Crippen molar-refractivity contribution < 1.29 is 28.5 Å². The molecule has 7 heteroatoms. The lowest BCUT2D eigenvalue weighted by atomic mass is 10.1. The minimum Gasteiger partial charge on any atom is -0.495 e. The number of carbonyl (C=O) groups excluding carboxylic acids is 2. The van der Waals surface area contributed by atoms with Gasteiger partial charge in [-0.05, 0) is 36.8 Å². The van der Waals surface area contributed by atoms with E-state index in [-0.39, 0.29) is 12.5 Å². The molecule has 0 aliphatic rings. The van der Waals surface area contributed by atoms with Crippen LogP contribution in [0.1, 0.15) is 16.8 Å². The lowest BCUT2D eigenvalue weighted by molar-refractivity contribution is -0.112. The van der Waals surface area contributed by atoms with Gasteiger partial charge < -0.3 is 24.3 Å². The molecule has 0 spiro atoms. The van der Waals surface area contributed by atoms with Gasteiger partial charge in [0.25, 0.3) is 5.91 Å². The average molecular weight is 375 g/mol. The standard InChI is InChI=1S/C20H25NO6/c1-6-7-15(12-17(25-3)18(26-4)13-24-2)19(22)21-16-10-8-14(9-11-16)20(23)27-5/h6,8-12H,1,7,13H2,2-5H3,(H,21,22). The molecule has 1 amide bonds. The van der Waals surface area contributed by atoms with Crippen molar-refractivity contribution in [2.24, 2.45) is 0 Å². The summed E-state index contributed by atoms with van der Waals surface area (Å²) in [7, 11) is 5.82. The Morgan fingerprint density at radius 3 is 2.19 bits per heavy atom. The third-order valence-electron chi connectivity index (χ3n) is 3.54. The van der Waals surface area contributed by atoms with Gasteiger partial charge in [-0.1, -0.05) is 6.08 Å². The molecule has 0 aromatic heterocycles. The van der Waals surface area contributed by atoms with Gasteiger partial charge in [-0.15, -0.1) is 6.58 Å². The molecule has 0 radical (unpaired) electrons. The molecule has 1 N–H and O–H groups in total. The van der Waals surface area contributed by atoms with Crippen molar-refractivity contribution >= 4 is 17.6 Å². The Balaban J connectivity index is 3.07. The number of carbonyl (C=O) groups is 2. The molecular weight excluding hydrogens is 350 g/mol. The fraction of sp³-hybridized carbons (Fsp3) is 0.300. The van der Waals surface area contributed by atoms with Gasteiger partial charge in [-0.25, -0.2) is 4.79 Å². The summed E-state index contributed by atoms with van der Waals surface area (Å²) in [5.41, 5.74) is 1.35. The third kappa shape index (κ3) is 6.63. The monoisotopic (exact) mass is 375 g/mol. The summed E-state index contributed by atoms with van der Waals surface area (Å²) in [5.74, 6) is 0.0625. The first-order valence-electron chi connectivity index (χ1n) is 8.11. The molecule has 7 nitrogen and oxygen atoms in total. The predicted molar refractivity (Wildman–Crippen MR) is 102 cm³/mol. The van der Waals surface area contributed by atoms with E-state index in [0.29, 0.717) is 34.8 Å². The summed E-state index contributed by atoms with van der Waals surface area (Å²) in [5, 5.41) is 2.77. The largest absolute Gasteiger partial charge is 0.495 e. The van der Waals surface area contributed by atoms with Crippen molar-refractivity contribution in [2.45, 2.75) is 6.42 Å². The van der Waals surface area contributed by atoms with Crippen LogP contribution in [0.25, 0.3) is 0 Å². The minimum atomic E-state index is -0.444. The highest BCUT2D eigenvalue weighted by Gasteiger charge is 2.13. The number of esters is 1. The summed E-state index contributed by atoms with van der Waals surface area (Å²) >= 11 is 0. The van der Waals surface area contributed by atoms with E-state index in [0.717, 1.165) is 0 Å². The van der Waals surface area contributed by atoms with Gasteiger partial charge in [0.1, 0.15) is 6.61 Å². The quantitative estimate of drug-likeness (QED) is 0.222. The van der Waals surface area contributed by atoms with E-state index in [4.69, 9.17) is 14.2 Å². The summed E-state index contributed by atoms with van der Waals surface area (Å²) in [6.45, 7) is 3.88. The fourth-order valence-corrected chi connectivity index (χ4v) is 2.16. The molecule has 27 heavy (non-hydrogen) atoms. The normalized spacial score (nSPS) is 11.9. The highest BCUT2D eigenvalue weighted by molar-refractivity contribution is 6.04. The second-order valence-electron chi connectivity index (χ2n) is 5.31. The number of ether oxygens (including phenoxy) is 4. The highest BCUT2D eigenvalue weighted by Crippen LogP contribution is 2.17. The van der Waals surface area contributed by atoms with Crippen molar-refractivity contribution in [3.63, 3.8) is 0 Å². The number of allylic oxidation sites excluding steroid dienone is 2. The van der Waals surface area contributed by atoms with Gasteiger partial charge in [0, 0.05) is 18.4 Å². The molecule has 0 bridgehead atoms. The molecule has 1 aromatic rings. The number of anilines is 1. The lowest BCUT2D eigenvalue weighted by Gasteiger charge is -2.12. The van der Waals surface area contributed by atoms with Crippen molar-refractivity contribution in [3.05, 3.63) is 65.7 Å². The Morgan fingerprint density at radius 2 is 1.70 bits per heavy atom. The van der Waals surface area contributed by atoms with Gasteiger partial charge in [0.15, 0.2) is 11.5 Å². The minimum absolute atomic E-state index is 0.203. The van der Waals surface area contributed by atoms with Crippen LogP contribution in [0.4, 0.5) is 5.69 Å². The van der Waals surface area contributed by atoms with E-state index in [2.05, 4.69) is 16.6 Å². The van der Waals surface area contributed by atoms with Crippen molar-refractivity contribution in [1.82, 2.24) is 0 Å². The molecule has 0 aliphatic carbocycles. The first-order chi connectivity index (χ1) is 13.0. The molecule has 0 heterocycles. The molecule has 0 aliphatic heterocycles. The van der Waals surface area contributed by atoms with Crippen LogP contribution in [0, 0.1) is 0 Å². The molecule has 1 rings (SSSR count). The van der Waals surface area contributed by atoms with E-state index in [9.17, 15) is 9.59 Å². The summed E-state index contributed by atoms with van der Waals surface area (Å²) in [6.07, 6.45) is 3.52. The molecule has 0 saturated heterocycles. The highest BCUT2D eigenvalue weighted by atomic mass is 16.5. The maximum absolute atomic E-state index is 12.6. The molecule has 0 fully saturated rings. The number of nitrogens with one attached hydrogen (secondary N) is 1. The Morgan fingerprint density at radius 1 is 1.04 bits per heavy atom. The van der Waals surface area contributed by atoms with Crippen LogP contribution in [-0.4, -0.2) is 46.9 Å². The average Bonchev–Trinajstić information content (AvgIpc) is 2.69. The van der Waals surface area contributed by atoms with Crippen LogP contribution in [0.15, 0.2) is 60.1 Å². The summed E-state index contributed by atoms with van der Waals surface area (Å²) in [6, 6.07) is 6.38. The van der Waals surface area contributed by atoms with Crippen LogP contribution >= 0.6 is 0 Å². The first kappa shape index (κ1) is 22.0. The van der Waals surface area contributed by atoms with Crippen LogP contribution in [0.3, 0.4) is 0 Å². The van der Waals surface area contributed by atoms with Gasteiger partial charge in [-0.3, -0.25) is 4.79 Å². The zero-order chi connectivity index (χ0) is 20.2. The number of amides is 1. The van der Waals surface area contributed by atoms with E-state index in [1.165, 1.54) is 28.4 Å². The summed E-state index contributed by atoms with van der Waals surface area (Å²) < 4.78 is 20.3.